The van der Waals surface area contributed by atoms with Gasteiger partial charge in [0.1, 0.15) is 5.60 Å². The van der Waals surface area contributed by atoms with Gasteiger partial charge in [0.2, 0.25) is 5.91 Å². The number of alkyl carbamates (subject to hydrolysis) is 1. The summed E-state index contributed by atoms with van der Waals surface area (Å²) < 4.78 is 5.03. The molecule has 0 spiro atoms. The lowest BCUT2D eigenvalue weighted by Crippen LogP contribution is -2.52. The van der Waals surface area contributed by atoms with E-state index < -0.39 is 29.7 Å². The second kappa shape index (κ2) is 5.86. The zero-order valence-electron chi connectivity index (χ0n) is 11.0. The Hall–Kier alpha value is -1.30. The molecule has 2 amide bonds. The zero-order valence-corrected chi connectivity index (χ0v) is 11.0. The van der Waals surface area contributed by atoms with Crippen LogP contribution in [0.5, 0.6) is 0 Å². The normalized spacial score (nSPS) is 15.2. The molecular weight excluding hydrogens is 224 g/mol. The highest BCUT2D eigenvalue weighted by atomic mass is 16.6. The van der Waals surface area contributed by atoms with Crippen molar-refractivity contribution in [3.05, 3.63) is 0 Å². The van der Waals surface area contributed by atoms with E-state index in [1.54, 1.807) is 34.6 Å². The summed E-state index contributed by atoms with van der Waals surface area (Å²) in [6.07, 6.45) is -2.11. The van der Waals surface area contributed by atoms with Crippen molar-refractivity contribution in [1.82, 2.24) is 5.32 Å². The summed E-state index contributed by atoms with van der Waals surface area (Å²) in [5.41, 5.74) is 4.36. The van der Waals surface area contributed by atoms with E-state index in [4.69, 9.17) is 10.5 Å². The van der Waals surface area contributed by atoms with Crippen molar-refractivity contribution in [2.45, 2.75) is 52.4 Å². The fourth-order valence-corrected chi connectivity index (χ4v) is 1.23. The van der Waals surface area contributed by atoms with Gasteiger partial charge in [-0.1, -0.05) is 13.8 Å². The van der Waals surface area contributed by atoms with Crippen LogP contribution >= 0.6 is 0 Å². The van der Waals surface area contributed by atoms with E-state index in [1.807, 2.05) is 0 Å². The predicted molar refractivity (Wildman–Crippen MR) is 63.2 cm³/mol. The first-order chi connectivity index (χ1) is 7.54. The van der Waals surface area contributed by atoms with Crippen LogP contribution in [-0.2, 0) is 9.53 Å². The molecule has 0 aromatic heterocycles. The Morgan fingerprint density at radius 2 is 1.76 bits per heavy atom. The maximum Gasteiger partial charge on any atom is 0.407 e. The standard InChI is InChI=1S/C11H22N2O4/c1-6(2)7(8(14)9(12)15)13-10(16)17-11(3,4)5/h6-8,14H,1-5H3,(H2,12,15)(H,13,16)/t7-,8+/m0/s1. The fourth-order valence-electron chi connectivity index (χ4n) is 1.23. The van der Waals surface area contributed by atoms with Crippen molar-refractivity contribution in [3.63, 3.8) is 0 Å². The van der Waals surface area contributed by atoms with Crippen LogP contribution in [0.1, 0.15) is 34.6 Å². The van der Waals surface area contributed by atoms with E-state index in [9.17, 15) is 14.7 Å². The molecule has 0 aromatic rings. The Labute approximate surface area is 102 Å². The summed E-state index contributed by atoms with van der Waals surface area (Å²) in [6.45, 7) is 8.69. The van der Waals surface area contributed by atoms with Gasteiger partial charge in [0, 0.05) is 0 Å². The molecule has 0 fully saturated rings. The van der Waals surface area contributed by atoms with Crippen LogP contribution in [0, 0.1) is 5.92 Å². The van der Waals surface area contributed by atoms with Gasteiger partial charge >= 0.3 is 6.09 Å². The molecule has 17 heavy (non-hydrogen) atoms. The minimum Gasteiger partial charge on any atom is -0.444 e. The lowest BCUT2D eigenvalue weighted by atomic mass is 9.98. The molecule has 100 valence electrons. The van der Waals surface area contributed by atoms with E-state index in [0.29, 0.717) is 0 Å². The summed E-state index contributed by atoms with van der Waals surface area (Å²) in [5.74, 6) is -1.02. The van der Waals surface area contributed by atoms with Gasteiger partial charge in [-0.15, -0.1) is 0 Å². The number of rotatable bonds is 4. The molecule has 6 nitrogen and oxygen atoms in total. The van der Waals surface area contributed by atoms with Gasteiger partial charge in [-0.2, -0.15) is 0 Å². The molecule has 2 atom stereocenters. The number of nitrogens with one attached hydrogen (secondary N) is 1. The first-order valence-corrected chi connectivity index (χ1v) is 5.51. The molecule has 0 aliphatic heterocycles. The molecule has 0 unspecified atom stereocenters. The van der Waals surface area contributed by atoms with Gasteiger partial charge in [-0.3, -0.25) is 4.79 Å². The number of ether oxygens (including phenoxy) is 1. The van der Waals surface area contributed by atoms with Crippen LogP contribution in [0.25, 0.3) is 0 Å². The lowest BCUT2D eigenvalue weighted by Gasteiger charge is -2.27. The number of hydrogen-bond donors (Lipinski definition) is 3. The monoisotopic (exact) mass is 246 g/mol. The largest absolute Gasteiger partial charge is 0.444 e. The summed E-state index contributed by atoms with van der Waals surface area (Å²) in [7, 11) is 0. The van der Waals surface area contributed by atoms with Gasteiger partial charge < -0.3 is 20.9 Å². The molecule has 0 saturated heterocycles. The minimum atomic E-state index is -1.43. The number of aliphatic hydroxyl groups is 1. The zero-order chi connectivity index (χ0) is 13.8. The molecule has 0 radical (unpaired) electrons. The van der Waals surface area contributed by atoms with Crippen LogP contribution in [0.15, 0.2) is 0 Å². The van der Waals surface area contributed by atoms with Crippen LogP contribution < -0.4 is 11.1 Å². The Balaban J connectivity index is 4.57. The molecule has 0 aliphatic rings. The van der Waals surface area contributed by atoms with E-state index in [1.165, 1.54) is 0 Å². The Morgan fingerprint density at radius 1 is 1.29 bits per heavy atom. The third-order valence-electron chi connectivity index (χ3n) is 2.03. The van der Waals surface area contributed by atoms with Crippen molar-refractivity contribution in [2.75, 3.05) is 0 Å². The number of hydrogen-bond acceptors (Lipinski definition) is 4. The predicted octanol–water partition coefficient (Wildman–Crippen LogP) is 0.382. The Kier molecular flexibility index (Phi) is 5.41. The average Bonchev–Trinajstić information content (AvgIpc) is 2.09. The molecule has 0 heterocycles. The highest BCUT2D eigenvalue weighted by Gasteiger charge is 2.30. The van der Waals surface area contributed by atoms with Crippen LogP contribution in [0.4, 0.5) is 4.79 Å². The summed E-state index contributed by atoms with van der Waals surface area (Å²) in [4.78, 5) is 22.4. The highest BCUT2D eigenvalue weighted by molar-refractivity contribution is 5.80. The number of nitrogens with two attached hydrogens (primary N) is 1. The number of primary amides is 1. The number of carbonyl (C=O) groups is 2. The first kappa shape index (κ1) is 15.7. The van der Waals surface area contributed by atoms with Gasteiger partial charge in [-0.25, -0.2) is 4.79 Å². The quantitative estimate of drug-likeness (QED) is 0.667. The van der Waals surface area contributed by atoms with Crippen molar-refractivity contribution in [2.24, 2.45) is 11.7 Å². The summed E-state index contributed by atoms with van der Waals surface area (Å²) in [6, 6.07) is -0.762. The molecule has 0 rings (SSSR count). The van der Waals surface area contributed by atoms with Crippen molar-refractivity contribution in [1.29, 1.82) is 0 Å². The number of aliphatic hydroxyl groups excluding tert-OH is 1. The summed E-state index contributed by atoms with van der Waals surface area (Å²) >= 11 is 0. The second-order valence-electron chi connectivity index (χ2n) is 5.26. The highest BCUT2D eigenvalue weighted by Crippen LogP contribution is 2.10. The van der Waals surface area contributed by atoms with E-state index in [2.05, 4.69) is 5.32 Å². The summed E-state index contributed by atoms with van der Waals surface area (Å²) in [5, 5.41) is 12.0. The molecular formula is C11H22N2O4. The second-order valence-corrected chi connectivity index (χ2v) is 5.26. The smallest absolute Gasteiger partial charge is 0.407 e. The third-order valence-corrected chi connectivity index (χ3v) is 2.03. The fraction of sp³-hybridized carbons (Fsp3) is 0.818. The van der Waals surface area contributed by atoms with Gasteiger partial charge in [0.05, 0.1) is 6.04 Å². The molecule has 0 aromatic carbocycles. The SMILES string of the molecule is CC(C)[C@H](NC(=O)OC(C)(C)C)[C@@H](O)C(N)=O. The number of amides is 2. The van der Waals surface area contributed by atoms with Gasteiger partial charge in [0.25, 0.3) is 0 Å². The van der Waals surface area contributed by atoms with E-state index in [-0.39, 0.29) is 5.92 Å². The van der Waals surface area contributed by atoms with Crippen LogP contribution in [-0.4, -0.2) is 34.9 Å². The maximum atomic E-state index is 11.5. The molecule has 4 N–H and O–H groups in total. The average molecular weight is 246 g/mol. The number of carbonyl (C=O) groups excluding carboxylic acids is 2. The molecule has 6 heteroatoms. The van der Waals surface area contributed by atoms with Crippen molar-refractivity contribution >= 4 is 12.0 Å². The van der Waals surface area contributed by atoms with Gasteiger partial charge in [-0.05, 0) is 26.7 Å². The lowest BCUT2D eigenvalue weighted by molar-refractivity contribution is -0.128. The molecule has 0 aliphatic carbocycles. The van der Waals surface area contributed by atoms with Gasteiger partial charge in [0.15, 0.2) is 6.10 Å². The minimum absolute atomic E-state index is 0.148. The van der Waals surface area contributed by atoms with Crippen molar-refractivity contribution < 1.29 is 19.4 Å². The van der Waals surface area contributed by atoms with Crippen LogP contribution in [0.2, 0.25) is 0 Å². The van der Waals surface area contributed by atoms with E-state index in [0.717, 1.165) is 0 Å². The van der Waals surface area contributed by atoms with Crippen molar-refractivity contribution in [3.8, 4) is 0 Å². The Morgan fingerprint density at radius 3 is 2.06 bits per heavy atom. The Bertz CT molecular complexity index is 284. The molecule has 0 saturated carbocycles. The first-order valence-electron chi connectivity index (χ1n) is 5.51. The third kappa shape index (κ3) is 6.11. The topological polar surface area (TPSA) is 102 Å². The molecule has 0 bridgehead atoms. The van der Waals surface area contributed by atoms with Crippen LogP contribution in [0.3, 0.4) is 0 Å². The maximum absolute atomic E-state index is 11.5. The van der Waals surface area contributed by atoms with E-state index >= 15 is 0 Å².